The van der Waals surface area contributed by atoms with Gasteiger partial charge in [-0.1, -0.05) is 65.8 Å². The molecule has 1 amide bonds. The number of fused-ring (bicyclic) bond motifs is 2. The molecule has 2 fully saturated rings. The maximum atomic E-state index is 13.6. The van der Waals surface area contributed by atoms with Crippen molar-refractivity contribution < 1.29 is 35.9 Å². The Morgan fingerprint density at radius 2 is 1.57 bits per heavy atom. The first kappa shape index (κ1) is 31.4. The van der Waals surface area contributed by atoms with E-state index in [9.17, 15) is 36.7 Å². The van der Waals surface area contributed by atoms with Gasteiger partial charge in [0.2, 0.25) is 5.91 Å². The van der Waals surface area contributed by atoms with E-state index in [-0.39, 0.29) is 36.4 Å². The zero-order chi connectivity index (χ0) is 31.8. The van der Waals surface area contributed by atoms with E-state index in [0.717, 1.165) is 5.56 Å². The highest BCUT2D eigenvalue weighted by atomic mass is 19.4. The van der Waals surface area contributed by atoms with Gasteiger partial charge in [-0.05, 0) is 59.7 Å². The van der Waals surface area contributed by atoms with Crippen molar-refractivity contribution in [2.75, 3.05) is 0 Å². The number of piperidine rings is 1. The average Bonchev–Trinajstić information content (AvgIpc) is 3.19. The maximum absolute atomic E-state index is 13.6. The Balaban J connectivity index is 1.66. The molecule has 3 aromatic carbocycles. The molecule has 4 atom stereocenters. The molecule has 2 saturated heterocycles. The zero-order valence-electron chi connectivity index (χ0n) is 23.6. The molecule has 232 valence electrons. The Morgan fingerprint density at radius 1 is 0.977 bits per heavy atom. The second-order valence-corrected chi connectivity index (χ2v) is 11.1. The van der Waals surface area contributed by atoms with Crippen LogP contribution in [-0.4, -0.2) is 28.6 Å². The van der Waals surface area contributed by atoms with Gasteiger partial charge in [0.05, 0.1) is 23.3 Å². The first-order valence-corrected chi connectivity index (χ1v) is 13.9. The number of nitrogens with zero attached hydrogens (tertiary/aromatic N) is 4. The lowest BCUT2D eigenvalue weighted by atomic mass is 9.74. The summed E-state index contributed by atoms with van der Waals surface area (Å²) in [4.78, 5) is 17.5. The van der Waals surface area contributed by atoms with Crippen molar-refractivity contribution in [3.63, 3.8) is 0 Å². The third-order valence-electron chi connectivity index (χ3n) is 8.46. The number of amides is 1. The van der Waals surface area contributed by atoms with E-state index in [0.29, 0.717) is 30.7 Å². The number of halogens is 6. The standard InChI is InChI=1S/C31H29F6N5O2/c1-20(43)39-26-17-28(23-10-6-3-7-11-23)29(40-41-38,13-12-27(26)42(28)18-21-8-4-2-5-9-21)44-19-22-14-24(30(32,33)34)16-25(15-22)31(35,36)37/h2-11,14-16,26-27H,12-13,17-19H2,1H3,(H,39,43)/t26-,27+,28-,29-/m1/s1. The SMILES string of the molecule is CC(=O)N[C@@H]1C[C@]2(c3ccccc3)N(Cc3ccccc3)[C@H]1CC[C@@]2(N=[N+]=[N-])OCc1cc(C(F)(F)F)cc(C(F)(F)F)c1. The molecule has 3 aromatic rings. The third kappa shape index (κ3) is 5.87. The Kier molecular flexibility index (Phi) is 8.41. The molecule has 44 heavy (non-hydrogen) atoms. The molecular formula is C31H29F6N5O2. The molecular weight excluding hydrogens is 588 g/mol. The van der Waals surface area contributed by atoms with Crippen molar-refractivity contribution in [3.8, 4) is 0 Å². The number of benzene rings is 3. The van der Waals surface area contributed by atoms with Gasteiger partial charge in [-0.3, -0.25) is 9.69 Å². The quantitative estimate of drug-likeness (QED) is 0.122. The topological polar surface area (TPSA) is 90.3 Å². The van der Waals surface area contributed by atoms with Gasteiger partial charge in [0.25, 0.3) is 0 Å². The average molecular weight is 618 g/mol. The van der Waals surface area contributed by atoms with Crippen molar-refractivity contribution in [3.05, 3.63) is 117 Å². The number of nitrogens with one attached hydrogen (secondary N) is 1. The molecule has 0 radical (unpaired) electrons. The monoisotopic (exact) mass is 617 g/mol. The fraction of sp³-hybridized carbons (Fsp3) is 0.387. The summed E-state index contributed by atoms with van der Waals surface area (Å²) in [6.45, 7) is 1.03. The molecule has 2 aliphatic heterocycles. The predicted octanol–water partition coefficient (Wildman–Crippen LogP) is 7.72. The lowest BCUT2D eigenvalue weighted by Crippen LogP contribution is -2.63. The second-order valence-electron chi connectivity index (χ2n) is 11.1. The van der Waals surface area contributed by atoms with Crippen LogP contribution in [0.25, 0.3) is 10.4 Å². The van der Waals surface area contributed by atoms with Crippen LogP contribution in [0.4, 0.5) is 26.3 Å². The lowest BCUT2D eigenvalue weighted by molar-refractivity contribution is -0.185. The second kappa shape index (κ2) is 11.8. The lowest BCUT2D eigenvalue weighted by Gasteiger charge is -2.55. The molecule has 7 nitrogen and oxygen atoms in total. The number of alkyl halides is 6. The number of ether oxygens (including phenoxy) is 1. The Labute approximate surface area is 249 Å². The number of rotatable bonds is 8. The summed E-state index contributed by atoms with van der Waals surface area (Å²) in [6.07, 6.45) is -9.40. The van der Waals surface area contributed by atoms with Crippen LogP contribution in [0.15, 0.2) is 84.0 Å². The van der Waals surface area contributed by atoms with Crippen LogP contribution in [0.1, 0.15) is 54.0 Å². The van der Waals surface area contributed by atoms with Crippen molar-refractivity contribution >= 4 is 5.91 Å². The Hall–Kier alpha value is -4.06. The van der Waals surface area contributed by atoms with Crippen molar-refractivity contribution in [1.29, 1.82) is 0 Å². The zero-order valence-corrected chi connectivity index (χ0v) is 23.6. The molecule has 2 heterocycles. The number of carbonyl (C=O) groups is 1. The van der Waals surface area contributed by atoms with Gasteiger partial charge in [-0.2, -0.15) is 26.3 Å². The Morgan fingerprint density at radius 3 is 2.11 bits per heavy atom. The van der Waals surface area contributed by atoms with E-state index in [4.69, 9.17) is 4.74 Å². The first-order valence-electron chi connectivity index (χ1n) is 13.9. The molecule has 13 heteroatoms. The molecule has 0 spiro atoms. The van der Waals surface area contributed by atoms with Crippen molar-refractivity contribution in [2.45, 2.75) is 75.0 Å². The smallest absolute Gasteiger partial charge is 0.362 e. The van der Waals surface area contributed by atoms with E-state index >= 15 is 0 Å². The molecule has 2 bridgehead atoms. The van der Waals surface area contributed by atoms with Crippen LogP contribution in [0, 0.1) is 0 Å². The van der Waals surface area contributed by atoms with Crippen molar-refractivity contribution in [2.24, 2.45) is 5.11 Å². The summed E-state index contributed by atoms with van der Waals surface area (Å²) in [5, 5.41) is 7.17. The van der Waals surface area contributed by atoms with Crippen LogP contribution >= 0.6 is 0 Å². The minimum atomic E-state index is -5.04. The Bertz CT molecular complexity index is 1510. The molecule has 0 aliphatic carbocycles. The van der Waals surface area contributed by atoms with Gasteiger partial charge in [0, 0.05) is 30.5 Å². The van der Waals surface area contributed by atoms with Crippen molar-refractivity contribution in [1.82, 2.24) is 10.2 Å². The fourth-order valence-corrected chi connectivity index (χ4v) is 6.76. The van der Waals surface area contributed by atoms with E-state index < -0.39 is 47.4 Å². The van der Waals surface area contributed by atoms with Gasteiger partial charge < -0.3 is 10.1 Å². The van der Waals surface area contributed by atoms with Gasteiger partial charge in [-0.25, -0.2) is 0 Å². The highest BCUT2D eigenvalue weighted by Crippen LogP contribution is 2.58. The van der Waals surface area contributed by atoms with Crippen LogP contribution in [0.3, 0.4) is 0 Å². The minimum absolute atomic E-state index is 0.0555. The predicted molar refractivity (Wildman–Crippen MR) is 148 cm³/mol. The van der Waals surface area contributed by atoms with Gasteiger partial charge in [0.1, 0.15) is 0 Å². The number of hydrogen-bond donors (Lipinski definition) is 1. The van der Waals surface area contributed by atoms with E-state index in [2.05, 4.69) is 20.2 Å². The van der Waals surface area contributed by atoms with E-state index in [1.54, 1.807) is 18.2 Å². The molecule has 0 unspecified atom stereocenters. The number of hydrogen-bond acceptors (Lipinski definition) is 4. The van der Waals surface area contributed by atoms with Crippen LogP contribution in [0.2, 0.25) is 0 Å². The van der Waals surface area contributed by atoms with Gasteiger partial charge >= 0.3 is 12.4 Å². The summed E-state index contributed by atoms with van der Waals surface area (Å²) < 4.78 is 88.1. The molecule has 2 aliphatic rings. The summed E-state index contributed by atoms with van der Waals surface area (Å²) >= 11 is 0. The van der Waals surface area contributed by atoms with Crippen LogP contribution in [-0.2, 0) is 40.6 Å². The van der Waals surface area contributed by atoms with Crippen LogP contribution in [0.5, 0.6) is 0 Å². The first-order chi connectivity index (χ1) is 20.8. The maximum Gasteiger partial charge on any atom is 0.416 e. The normalized spacial score (nSPS) is 25.3. The number of azide groups is 1. The molecule has 5 rings (SSSR count). The van der Waals surface area contributed by atoms with Gasteiger partial charge in [-0.15, -0.1) is 0 Å². The largest absolute Gasteiger partial charge is 0.416 e. The highest BCUT2D eigenvalue weighted by molar-refractivity contribution is 5.73. The molecule has 0 aromatic heterocycles. The highest BCUT2D eigenvalue weighted by Gasteiger charge is 2.67. The minimum Gasteiger partial charge on any atom is -0.362 e. The van der Waals surface area contributed by atoms with E-state index in [1.807, 2.05) is 42.5 Å². The molecule has 0 saturated carbocycles. The summed E-state index contributed by atoms with van der Waals surface area (Å²) in [5.41, 5.74) is 5.09. The third-order valence-corrected chi connectivity index (χ3v) is 8.46. The summed E-state index contributed by atoms with van der Waals surface area (Å²) in [5.74, 6) is -0.274. The summed E-state index contributed by atoms with van der Waals surface area (Å²) in [7, 11) is 0. The molecule has 1 N–H and O–H groups in total. The summed E-state index contributed by atoms with van der Waals surface area (Å²) in [6, 6.07) is 19.0. The van der Waals surface area contributed by atoms with Crippen LogP contribution < -0.4 is 5.32 Å². The fourth-order valence-electron chi connectivity index (χ4n) is 6.76. The number of carbonyl (C=O) groups excluding carboxylic acids is 1. The van der Waals surface area contributed by atoms with Gasteiger partial charge in [0.15, 0.2) is 5.72 Å². The van der Waals surface area contributed by atoms with E-state index in [1.165, 1.54) is 6.92 Å².